The summed E-state index contributed by atoms with van der Waals surface area (Å²) in [4.78, 5) is 0. The van der Waals surface area contributed by atoms with Crippen molar-refractivity contribution in [2.75, 3.05) is 0 Å². The Morgan fingerprint density at radius 2 is 2.00 bits per heavy atom. The van der Waals surface area contributed by atoms with Gasteiger partial charge in [0.25, 0.3) is 0 Å². The summed E-state index contributed by atoms with van der Waals surface area (Å²) in [6, 6.07) is 10.7. The average molecular weight is 198 g/mol. The Morgan fingerprint density at radius 1 is 1.20 bits per heavy atom. The molecule has 1 nitrogen and oxygen atoms in total. The van der Waals surface area contributed by atoms with Gasteiger partial charge in [-0.2, -0.15) is 4.57 Å². The zero-order valence-corrected chi connectivity index (χ0v) is 9.27. The number of para-hydroxylation sites is 1. The van der Waals surface area contributed by atoms with E-state index >= 15 is 0 Å². The number of hydrogen-bond donors (Lipinski definition) is 0. The maximum absolute atomic E-state index is 2.27. The van der Waals surface area contributed by atoms with E-state index in [2.05, 4.69) is 67.1 Å². The molecule has 0 bridgehead atoms. The van der Waals surface area contributed by atoms with Crippen LogP contribution in [0.1, 0.15) is 19.4 Å². The molecule has 0 aliphatic carbocycles. The first-order valence-corrected chi connectivity index (χ1v) is 5.40. The molecule has 0 aliphatic rings. The fourth-order valence-corrected chi connectivity index (χ4v) is 1.91. The second-order valence-electron chi connectivity index (χ2n) is 3.57. The minimum atomic E-state index is 1.01. The van der Waals surface area contributed by atoms with Gasteiger partial charge in [-0.3, -0.25) is 0 Å². The second kappa shape index (κ2) is 4.26. The van der Waals surface area contributed by atoms with E-state index in [-0.39, 0.29) is 0 Å². The molecule has 0 saturated heterocycles. The summed E-state index contributed by atoms with van der Waals surface area (Å²) in [6.45, 7) is 5.23. The van der Waals surface area contributed by atoms with Gasteiger partial charge in [-0.25, -0.2) is 0 Å². The topological polar surface area (TPSA) is 3.88 Å². The summed E-state index contributed by atoms with van der Waals surface area (Å²) >= 11 is 0. The van der Waals surface area contributed by atoms with E-state index in [0.29, 0.717) is 0 Å². The molecule has 0 unspecified atom stereocenters. The molecule has 0 saturated carbocycles. The molecule has 1 aromatic heterocycles. The first-order chi connectivity index (χ1) is 7.36. The number of nitrogens with zero attached hydrogens (tertiary/aromatic N) is 1. The van der Waals surface area contributed by atoms with Gasteiger partial charge in [-0.05, 0) is 25.5 Å². The normalized spacial score (nSPS) is 11.3. The minimum Gasteiger partial charge on any atom is -0.199 e. The van der Waals surface area contributed by atoms with Crippen LogP contribution in [-0.2, 0) is 6.54 Å². The summed E-state index contributed by atoms with van der Waals surface area (Å²) in [5.41, 5.74) is 2.59. The van der Waals surface area contributed by atoms with Crippen LogP contribution in [0.25, 0.3) is 17.0 Å². The highest BCUT2D eigenvalue weighted by Gasteiger charge is 2.07. The summed E-state index contributed by atoms with van der Waals surface area (Å²) in [7, 11) is 0. The van der Waals surface area contributed by atoms with Gasteiger partial charge in [0.05, 0.1) is 5.39 Å². The number of benzene rings is 1. The van der Waals surface area contributed by atoms with Gasteiger partial charge in [0.1, 0.15) is 6.54 Å². The first kappa shape index (κ1) is 9.91. The highest BCUT2D eigenvalue weighted by Crippen LogP contribution is 2.16. The molecule has 0 spiro atoms. The molecule has 2 rings (SSSR count). The number of allylic oxidation sites excluding steroid dienone is 1. The SMILES string of the molecule is C/C=C\c1cc[n+](CC)c2ccccc12. The van der Waals surface area contributed by atoms with Crippen molar-refractivity contribution in [1.29, 1.82) is 0 Å². The van der Waals surface area contributed by atoms with E-state index in [1.54, 1.807) is 0 Å². The third-order valence-electron chi connectivity index (χ3n) is 2.65. The average Bonchev–Trinajstić information content (AvgIpc) is 2.30. The quantitative estimate of drug-likeness (QED) is 0.652. The molecular weight excluding hydrogens is 182 g/mol. The van der Waals surface area contributed by atoms with Crippen LogP contribution in [0, 0.1) is 0 Å². The van der Waals surface area contributed by atoms with Crippen LogP contribution in [0.15, 0.2) is 42.6 Å². The Hall–Kier alpha value is -1.63. The predicted molar refractivity (Wildman–Crippen MR) is 64.5 cm³/mol. The van der Waals surface area contributed by atoms with Crippen molar-refractivity contribution in [3.05, 3.63) is 48.2 Å². The minimum absolute atomic E-state index is 1.01. The highest BCUT2D eigenvalue weighted by molar-refractivity contribution is 5.85. The lowest BCUT2D eigenvalue weighted by Crippen LogP contribution is -2.32. The molecule has 0 aliphatic heterocycles. The maximum atomic E-state index is 2.27. The largest absolute Gasteiger partial charge is 0.213 e. The smallest absolute Gasteiger partial charge is 0.199 e. The summed E-state index contributed by atoms with van der Waals surface area (Å²) in [6.07, 6.45) is 6.39. The van der Waals surface area contributed by atoms with E-state index in [4.69, 9.17) is 0 Å². The zero-order valence-electron chi connectivity index (χ0n) is 9.27. The van der Waals surface area contributed by atoms with Crippen molar-refractivity contribution in [3.8, 4) is 0 Å². The van der Waals surface area contributed by atoms with Gasteiger partial charge in [-0.15, -0.1) is 0 Å². The van der Waals surface area contributed by atoms with Crippen molar-refractivity contribution >= 4 is 17.0 Å². The van der Waals surface area contributed by atoms with E-state index in [9.17, 15) is 0 Å². The number of aromatic nitrogens is 1. The Kier molecular flexibility index (Phi) is 2.82. The highest BCUT2D eigenvalue weighted by atomic mass is 14.9. The van der Waals surface area contributed by atoms with E-state index < -0.39 is 0 Å². The standard InChI is InChI=1S/C14H16N/c1-3-7-12-10-11-15(4-2)14-9-6-5-8-13(12)14/h3,5-11H,4H2,1-2H3/q+1/b7-3-. The lowest BCUT2D eigenvalue weighted by Gasteiger charge is -2.01. The molecule has 0 fully saturated rings. The van der Waals surface area contributed by atoms with Gasteiger partial charge in [0, 0.05) is 12.1 Å². The van der Waals surface area contributed by atoms with Crippen molar-refractivity contribution in [1.82, 2.24) is 0 Å². The van der Waals surface area contributed by atoms with Crippen molar-refractivity contribution in [2.24, 2.45) is 0 Å². The molecule has 0 N–H and O–H groups in total. The van der Waals surface area contributed by atoms with Crippen LogP contribution in [0.3, 0.4) is 0 Å². The summed E-state index contributed by atoms with van der Waals surface area (Å²) < 4.78 is 2.27. The van der Waals surface area contributed by atoms with Gasteiger partial charge < -0.3 is 0 Å². The summed E-state index contributed by atoms with van der Waals surface area (Å²) in [5.74, 6) is 0. The first-order valence-electron chi connectivity index (χ1n) is 5.40. The maximum Gasteiger partial charge on any atom is 0.213 e. The Labute approximate surface area is 90.7 Å². The van der Waals surface area contributed by atoms with Crippen molar-refractivity contribution in [2.45, 2.75) is 20.4 Å². The third-order valence-corrected chi connectivity index (χ3v) is 2.65. The van der Waals surface area contributed by atoms with Crippen LogP contribution < -0.4 is 4.57 Å². The molecule has 2 aromatic rings. The van der Waals surface area contributed by atoms with E-state index in [1.807, 2.05) is 0 Å². The van der Waals surface area contributed by atoms with Crippen molar-refractivity contribution in [3.63, 3.8) is 0 Å². The molecule has 0 radical (unpaired) electrons. The van der Waals surface area contributed by atoms with E-state index in [0.717, 1.165) is 6.54 Å². The number of fused-ring (bicyclic) bond motifs is 1. The van der Waals surface area contributed by atoms with Gasteiger partial charge in [-0.1, -0.05) is 24.3 Å². The molecule has 1 heterocycles. The number of pyridine rings is 1. The Bertz CT molecular complexity index is 498. The molecule has 15 heavy (non-hydrogen) atoms. The van der Waals surface area contributed by atoms with Crippen molar-refractivity contribution < 1.29 is 4.57 Å². The molecule has 1 heteroatoms. The lowest BCUT2D eigenvalue weighted by atomic mass is 10.1. The molecule has 0 amide bonds. The fourth-order valence-electron chi connectivity index (χ4n) is 1.91. The Morgan fingerprint density at radius 3 is 2.73 bits per heavy atom. The number of rotatable bonds is 2. The van der Waals surface area contributed by atoms with E-state index in [1.165, 1.54) is 16.5 Å². The number of aryl methyl sites for hydroxylation is 1. The molecule has 1 aromatic carbocycles. The predicted octanol–water partition coefficient (Wildman–Crippen LogP) is 3.18. The zero-order chi connectivity index (χ0) is 10.7. The summed E-state index contributed by atoms with van der Waals surface area (Å²) in [5, 5.41) is 1.32. The van der Waals surface area contributed by atoms with Gasteiger partial charge in [0.2, 0.25) is 5.52 Å². The number of hydrogen-bond acceptors (Lipinski definition) is 0. The van der Waals surface area contributed by atoms with Crippen LogP contribution in [-0.4, -0.2) is 0 Å². The van der Waals surface area contributed by atoms with Crippen LogP contribution in [0.2, 0.25) is 0 Å². The lowest BCUT2D eigenvalue weighted by molar-refractivity contribution is -0.667. The monoisotopic (exact) mass is 198 g/mol. The third kappa shape index (κ3) is 1.78. The van der Waals surface area contributed by atoms with Gasteiger partial charge in [0.15, 0.2) is 6.20 Å². The fraction of sp³-hybridized carbons (Fsp3) is 0.214. The van der Waals surface area contributed by atoms with Gasteiger partial charge >= 0.3 is 0 Å². The second-order valence-corrected chi connectivity index (χ2v) is 3.57. The Balaban J connectivity index is 2.77. The molecule has 76 valence electrons. The van der Waals surface area contributed by atoms with Crippen LogP contribution in [0.4, 0.5) is 0 Å². The van der Waals surface area contributed by atoms with Crippen LogP contribution >= 0.6 is 0 Å². The molecular formula is C14H16N+. The van der Waals surface area contributed by atoms with Crippen LogP contribution in [0.5, 0.6) is 0 Å². The molecule has 0 atom stereocenters.